The molecule has 0 aromatic carbocycles. The summed E-state index contributed by atoms with van der Waals surface area (Å²) >= 11 is 0. The van der Waals surface area contributed by atoms with Crippen LogP contribution < -0.4 is 5.32 Å². The highest BCUT2D eigenvalue weighted by molar-refractivity contribution is 7.89. The summed E-state index contributed by atoms with van der Waals surface area (Å²) < 4.78 is 26.8. The fourth-order valence-electron chi connectivity index (χ4n) is 2.42. The number of hydrogen-bond acceptors (Lipinski definition) is 4. The van der Waals surface area contributed by atoms with Gasteiger partial charge in [0.05, 0.1) is 0 Å². The van der Waals surface area contributed by atoms with E-state index >= 15 is 0 Å². The van der Waals surface area contributed by atoms with E-state index in [0.717, 1.165) is 17.7 Å². The van der Waals surface area contributed by atoms with Crippen LogP contribution in [0.25, 0.3) is 0 Å². The number of sulfonamides is 1. The Labute approximate surface area is 114 Å². The molecule has 2 heterocycles. The van der Waals surface area contributed by atoms with E-state index in [9.17, 15) is 8.42 Å². The molecular formula is C12H22N4O2S. The van der Waals surface area contributed by atoms with Crippen molar-refractivity contribution in [2.24, 2.45) is 5.41 Å². The molecule has 0 saturated carbocycles. The lowest BCUT2D eigenvalue weighted by atomic mass is 9.93. The van der Waals surface area contributed by atoms with Gasteiger partial charge >= 0.3 is 0 Å². The van der Waals surface area contributed by atoms with Gasteiger partial charge in [0.25, 0.3) is 10.0 Å². The first-order valence-corrected chi connectivity index (χ1v) is 7.90. The minimum Gasteiger partial charge on any atom is -0.316 e. The fraction of sp³-hybridized carbons (Fsp3) is 0.750. The van der Waals surface area contributed by atoms with Crippen molar-refractivity contribution in [3.05, 3.63) is 11.3 Å². The lowest BCUT2D eigenvalue weighted by Crippen LogP contribution is -2.31. The van der Waals surface area contributed by atoms with Gasteiger partial charge in [-0.1, -0.05) is 13.8 Å². The van der Waals surface area contributed by atoms with Crippen LogP contribution in [0, 0.1) is 12.3 Å². The minimum absolute atomic E-state index is 0.0432. The van der Waals surface area contributed by atoms with Crippen LogP contribution in [0.2, 0.25) is 0 Å². The molecule has 2 N–H and O–H groups in total. The molecule has 1 aromatic rings. The molecule has 0 bridgehead atoms. The number of nitrogens with one attached hydrogen (secondary N) is 2. The maximum absolute atomic E-state index is 12.6. The van der Waals surface area contributed by atoms with Crippen molar-refractivity contribution in [3.8, 4) is 0 Å². The third kappa shape index (κ3) is 2.68. The third-order valence-electron chi connectivity index (χ3n) is 3.62. The van der Waals surface area contributed by atoms with E-state index in [4.69, 9.17) is 0 Å². The zero-order valence-corrected chi connectivity index (χ0v) is 12.8. The van der Waals surface area contributed by atoms with Gasteiger partial charge in [-0.15, -0.1) is 0 Å². The third-order valence-corrected chi connectivity index (χ3v) is 5.43. The highest BCUT2D eigenvalue weighted by atomic mass is 32.2. The summed E-state index contributed by atoms with van der Waals surface area (Å²) in [6, 6.07) is 0. The summed E-state index contributed by atoms with van der Waals surface area (Å²) in [6.07, 6.45) is 0.886. The Morgan fingerprint density at radius 1 is 1.47 bits per heavy atom. The molecule has 1 aromatic heterocycles. The van der Waals surface area contributed by atoms with E-state index in [0.29, 0.717) is 19.6 Å². The van der Waals surface area contributed by atoms with E-state index in [1.54, 1.807) is 11.4 Å². The van der Waals surface area contributed by atoms with Crippen LogP contribution >= 0.6 is 0 Å². The van der Waals surface area contributed by atoms with Gasteiger partial charge in [0, 0.05) is 30.9 Å². The minimum atomic E-state index is -3.49. The van der Waals surface area contributed by atoms with Gasteiger partial charge in [-0.25, -0.2) is 8.42 Å². The molecule has 0 unspecified atom stereocenters. The zero-order valence-electron chi connectivity index (χ0n) is 11.9. The monoisotopic (exact) mass is 286 g/mol. The SMILES string of the molecule is CNCc1c(S(=O)(=O)N2CCC(C)(C)C2)n[nH]c1C. The molecular weight excluding hydrogens is 264 g/mol. The maximum Gasteiger partial charge on any atom is 0.262 e. The van der Waals surface area contributed by atoms with Gasteiger partial charge in [-0.3, -0.25) is 5.10 Å². The average Bonchev–Trinajstić information content (AvgIpc) is 2.84. The summed E-state index contributed by atoms with van der Waals surface area (Å²) in [5.74, 6) is 0. The highest BCUT2D eigenvalue weighted by Gasteiger charge is 2.39. The largest absolute Gasteiger partial charge is 0.316 e. The second-order valence-corrected chi connectivity index (χ2v) is 7.77. The van der Waals surface area contributed by atoms with Crippen LogP contribution in [0.15, 0.2) is 5.03 Å². The molecule has 2 rings (SSSR count). The van der Waals surface area contributed by atoms with Gasteiger partial charge in [-0.2, -0.15) is 9.40 Å². The van der Waals surface area contributed by atoms with Crippen LogP contribution in [0.5, 0.6) is 0 Å². The van der Waals surface area contributed by atoms with E-state index in [-0.39, 0.29) is 10.4 Å². The first-order chi connectivity index (χ1) is 8.78. The Hall–Kier alpha value is -0.920. The molecule has 1 aliphatic rings. The lowest BCUT2D eigenvalue weighted by Gasteiger charge is -2.19. The Kier molecular flexibility index (Phi) is 3.72. The van der Waals surface area contributed by atoms with Crippen molar-refractivity contribution in [2.45, 2.75) is 38.8 Å². The summed E-state index contributed by atoms with van der Waals surface area (Å²) in [5.41, 5.74) is 1.57. The number of aromatic amines is 1. The van der Waals surface area contributed by atoms with E-state index in [1.165, 1.54) is 0 Å². The second-order valence-electron chi connectivity index (χ2n) is 5.92. The molecule has 6 nitrogen and oxygen atoms in total. The van der Waals surface area contributed by atoms with Crippen LogP contribution in [0.1, 0.15) is 31.5 Å². The number of aryl methyl sites for hydroxylation is 1. The molecule has 1 saturated heterocycles. The normalized spacial score (nSPS) is 20.0. The van der Waals surface area contributed by atoms with Gasteiger partial charge in [0.1, 0.15) is 0 Å². The molecule has 0 spiro atoms. The number of hydrogen-bond donors (Lipinski definition) is 2. The van der Waals surface area contributed by atoms with Crippen molar-refractivity contribution in [1.29, 1.82) is 0 Å². The Morgan fingerprint density at radius 2 is 2.16 bits per heavy atom. The summed E-state index contributed by atoms with van der Waals surface area (Å²) in [6.45, 7) is 7.64. The average molecular weight is 286 g/mol. The number of H-pyrrole nitrogens is 1. The van der Waals surface area contributed by atoms with Crippen molar-refractivity contribution in [3.63, 3.8) is 0 Å². The van der Waals surface area contributed by atoms with Crippen molar-refractivity contribution in [2.75, 3.05) is 20.1 Å². The van der Waals surface area contributed by atoms with Crippen LogP contribution in [-0.2, 0) is 16.6 Å². The molecule has 0 aliphatic carbocycles. The van der Waals surface area contributed by atoms with Crippen molar-refractivity contribution >= 4 is 10.0 Å². The Bertz CT molecular complexity index is 562. The van der Waals surface area contributed by atoms with Gasteiger partial charge in [0.15, 0.2) is 5.03 Å². The van der Waals surface area contributed by atoms with E-state index in [1.807, 2.05) is 6.92 Å². The summed E-state index contributed by atoms with van der Waals surface area (Å²) in [5, 5.41) is 9.93. The summed E-state index contributed by atoms with van der Waals surface area (Å²) in [7, 11) is -1.70. The van der Waals surface area contributed by atoms with Gasteiger partial charge in [0.2, 0.25) is 0 Å². The van der Waals surface area contributed by atoms with Crippen LogP contribution in [-0.4, -0.2) is 43.1 Å². The quantitative estimate of drug-likeness (QED) is 0.860. The lowest BCUT2D eigenvalue weighted by molar-refractivity contribution is 0.374. The van der Waals surface area contributed by atoms with Crippen LogP contribution in [0.3, 0.4) is 0 Å². The Morgan fingerprint density at radius 3 is 2.68 bits per heavy atom. The number of rotatable bonds is 4. The van der Waals surface area contributed by atoms with E-state index in [2.05, 4.69) is 29.4 Å². The molecule has 1 aliphatic heterocycles. The molecule has 19 heavy (non-hydrogen) atoms. The first-order valence-electron chi connectivity index (χ1n) is 6.46. The molecule has 0 radical (unpaired) electrons. The van der Waals surface area contributed by atoms with Crippen molar-refractivity contribution in [1.82, 2.24) is 19.8 Å². The van der Waals surface area contributed by atoms with Gasteiger partial charge < -0.3 is 5.32 Å². The predicted octanol–water partition coefficient (Wildman–Crippen LogP) is 0.858. The standard InChI is InChI=1S/C12H22N4O2S/c1-9-10(7-13-4)11(15-14-9)19(17,18)16-6-5-12(2,3)8-16/h13H,5-8H2,1-4H3,(H,14,15). The number of nitrogens with zero attached hydrogens (tertiary/aromatic N) is 2. The fourth-order valence-corrected chi connectivity index (χ4v) is 4.21. The van der Waals surface area contributed by atoms with Gasteiger partial charge in [-0.05, 0) is 25.8 Å². The topological polar surface area (TPSA) is 78.1 Å². The zero-order chi connectivity index (χ0) is 14.3. The second kappa shape index (κ2) is 4.88. The predicted molar refractivity (Wildman–Crippen MR) is 73.2 cm³/mol. The van der Waals surface area contributed by atoms with E-state index < -0.39 is 10.0 Å². The molecule has 108 valence electrons. The first kappa shape index (κ1) is 14.5. The number of aromatic nitrogens is 2. The molecule has 0 amide bonds. The van der Waals surface area contributed by atoms with Crippen LogP contribution in [0.4, 0.5) is 0 Å². The van der Waals surface area contributed by atoms with Crippen molar-refractivity contribution < 1.29 is 8.42 Å². The smallest absolute Gasteiger partial charge is 0.262 e. The molecule has 0 atom stereocenters. The summed E-state index contributed by atoms with van der Waals surface area (Å²) in [4.78, 5) is 0. The maximum atomic E-state index is 12.6. The molecule has 1 fully saturated rings. The molecule has 7 heteroatoms. The Balaban J connectivity index is 2.35. The highest BCUT2D eigenvalue weighted by Crippen LogP contribution is 2.33.